The first-order valence-corrected chi connectivity index (χ1v) is 6.86. The maximum Gasteiger partial charge on any atom is 0.326 e. The fourth-order valence-electron chi connectivity index (χ4n) is 2.47. The zero-order chi connectivity index (χ0) is 15.1. The van der Waals surface area contributed by atoms with Gasteiger partial charge in [0.15, 0.2) is 0 Å². The highest BCUT2D eigenvalue weighted by atomic mass is 16.4. The predicted octanol–water partition coefficient (Wildman–Crippen LogP) is 1.14. The molecule has 0 aliphatic heterocycles. The molecule has 7 heteroatoms. The van der Waals surface area contributed by atoms with E-state index < -0.39 is 30.4 Å². The third-order valence-electron chi connectivity index (χ3n) is 3.58. The van der Waals surface area contributed by atoms with Crippen molar-refractivity contribution >= 4 is 18.0 Å². The van der Waals surface area contributed by atoms with E-state index in [1.165, 1.54) is 11.3 Å². The molecule has 0 radical (unpaired) electrons. The number of hydrogen-bond donors (Lipinski definition) is 3. The monoisotopic (exact) mass is 286 g/mol. The molecule has 0 aromatic heterocycles. The first-order chi connectivity index (χ1) is 9.40. The lowest BCUT2D eigenvalue weighted by atomic mass is 9.89. The Morgan fingerprint density at radius 3 is 2.30 bits per heavy atom. The van der Waals surface area contributed by atoms with Crippen molar-refractivity contribution in [3.8, 4) is 0 Å². The molecule has 1 atom stereocenters. The molecular formula is C13H22N2O5. The van der Waals surface area contributed by atoms with Crippen LogP contribution in [0.15, 0.2) is 0 Å². The molecule has 20 heavy (non-hydrogen) atoms. The van der Waals surface area contributed by atoms with Crippen molar-refractivity contribution in [2.45, 2.75) is 44.6 Å². The van der Waals surface area contributed by atoms with Crippen LogP contribution in [0.4, 0.5) is 4.79 Å². The topological polar surface area (TPSA) is 107 Å². The Kier molecular flexibility index (Phi) is 6.27. The van der Waals surface area contributed by atoms with E-state index in [9.17, 15) is 14.4 Å². The summed E-state index contributed by atoms with van der Waals surface area (Å²) in [5.41, 5.74) is 0. The van der Waals surface area contributed by atoms with Gasteiger partial charge in [0.2, 0.25) is 0 Å². The van der Waals surface area contributed by atoms with Crippen LogP contribution in [0, 0.1) is 5.92 Å². The van der Waals surface area contributed by atoms with Crippen molar-refractivity contribution in [2.75, 3.05) is 13.6 Å². The fraction of sp³-hybridized carbons (Fsp3) is 0.769. The Morgan fingerprint density at radius 1 is 1.20 bits per heavy atom. The maximum absolute atomic E-state index is 11.9. The lowest BCUT2D eigenvalue weighted by molar-refractivity contribution is -0.145. The molecule has 0 bridgehead atoms. The number of nitrogens with zero attached hydrogens (tertiary/aromatic N) is 1. The summed E-state index contributed by atoms with van der Waals surface area (Å²) >= 11 is 0. The summed E-state index contributed by atoms with van der Waals surface area (Å²) in [5.74, 6) is -2.15. The van der Waals surface area contributed by atoms with E-state index in [0.717, 1.165) is 25.7 Å². The van der Waals surface area contributed by atoms with Crippen molar-refractivity contribution in [2.24, 2.45) is 5.92 Å². The number of carbonyl (C=O) groups excluding carboxylic acids is 1. The molecule has 1 rings (SSSR count). The number of aliphatic carboxylic acids is 2. The molecule has 3 N–H and O–H groups in total. The summed E-state index contributed by atoms with van der Waals surface area (Å²) in [6, 6.07) is -1.93. The molecule has 114 valence electrons. The van der Waals surface area contributed by atoms with Crippen LogP contribution in [0.3, 0.4) is 0 Å². The Morgan fingerprint density at radius 2 is 1.80 bits per heavy atom. The smallest absolute Gasteiger partial charge is 0.326 e. The van der Waals surface area contributed by atoms with E-state index in [0.29, 0.717) is 12.5 Å². The Balaban J connectivity index is 2.45. The van der Waals surface area contributed by atoms with Crippen LogP contribution in [-0.4, -0.2) is 52.7 Å². The van der Waals surface area contributed by atoms with Crippen LogP contribution in [0.25, 0.3) is 0 Å². The van der Waals surface area contributed by atoms with Crippen molar-refractivity contribution in [1.29, 1.82) is 0 Å². The van der Waals surface area contributed by atoms with Gasteiger partial charge in [-0.2, -0.15) is 0 Å². The summed E-state index contributed by atoms with van der Waals surface area (Å²) in [7, 11) is 1.60. The van der Waals surface area contributed by atoms with Crippen molar-refractivity contribution in [3.63, 3.8) is 0 Å². The second-order valence-electron chi connectivity index (χ2n) is 5.32. The van der Waals surface area contributed by atoms with Gasteiger partial charge in [0.1, 0.15) is 6.04 Å². The Bertz CT molecular complexity index is 366. The third kappa shape index (κ3) is 5.46. The van der Waals surface area contributed by atoms with E-state index in [1.807, 2.05) is 0 Å². The van der Waals surface area contributed by atoms with Gasteiger partial charge in [0.05, 0.1) is 6.42 Å². The Hall–Kier alpha value is -1.79. The van der Waals surface area contributed by atoms with Crippen molar-refractivity contribution in [3.05, 3.63) is 0 Å². The average molecular weight is 286 g/mol. The molecule has 1 aliphatic carbocycles. The van der Waals surface area contributed by atoms with Crippen LogP contribution in [-0.2, 0) is 9.59 Å². The minimum Gasteiger partial charge on any atom is -0.481 e. The second kappa shape index (κ2) is 7.72. The zero-order valence-electron chi connectivity index (χ0n) is 11.7. The molecule has 0 aromatic carbocycles. The fourth-order valence-corrected chi connectivity index (χ4v) is 2.47. The van der Waals surface area contributed by atoms with Crippen LogP contribution in [0.2, 0.25) is 0 Å². The van der Waals surface area contributed by atoms with E-state index in [2.05, 4.69) is 5.32 Å². The standard InChI is InChI=1S/C13H22N2O5/c1-15(8-9-5-3-2-4-6-9)13(20)14-10(12(18)19)7-11(16)17/h9-10H,2-8H2,1H3,(H,14,20)(H,16,17)(H,18,19)/t10-/m1/s1. The summed E-state index contributed by atoms with van der Waals surface area (Å²) in [6.45, 7) is 0.575. The second-order valence-corrected chi connectivity index (χ2v) is 5.32. The predicted molar refractivity (Wildman–Crippen MR) is 71.4 cm³/mol. The number of rotatable bonds is 6. The number of nitrogens with one attached hydrogen (secondary N) is 1. The molecule has 1 fully saturated rings. The zero-order valence-corrected chi connectivity index (χ0v) is 11.7. The summed E-state index contributed by atoms with van der Waals surface area (Å²) in [4.78, 5) is 34.8. The van der Waals surface area contributed by atoms with Crippen LogP contribution < -0.4 is 5.32 Å². The number of carboxylic acids is 2. The van der Waals surface area contributed by atoms with Gasteiger partial charge in [-0.1, -0.05) is 19.3 Å². The number of urea groups is 1. The molecule has 2 amide bonds. The van der Waals surface area contributed by atoms with Gasteiger partial charge in [-0.05, 0) is 18.8 Å². The number of carboxylic acid groups (broad SMARTS) is 2. The molecular weight excluding hydrogens is 264 g/mol. The van der Waals surface area contributed by atoms with Gasteiger partial charge in [-0.15, -0.1) is 0 Å². The van der Waals surface area contributed by atoms with E-state index in [4.69, 9.17) is 10.2 Å². The van der Waals surface area contributed by atoms with E-state index in [1.54, 1.807) is 7.05 Å². The first kappa shape index (κ1) is 16.3. The highest BCUT2D eigenvalue weighted by Crippen LogP contribution is 2.24. The molecule has 0 aromatic rings. The molecule has 0 spiro atoms. The first-order valence-electron chi connectivity index (χ1n) is 6.86. The quantitative estimate of drug-likeness (QED) is 0.678. The molecule has 1 aliphatic rings. The lowest BCUT2D eigenvalue weighted by Crippen LogP contribution is -2.48. The van der Waals surface area contributed by atoms with Gasteiger partial charge in [0, 0.05) is 13.6 Å². The van der Waals surface area contributed by atoms with E-state index in [-0.39, 0.29) is 0 Å². The minimum atomic E-state index is -1.39. The molecule has 0 saturated heterocycles. The molecule has 0 heterocycles. The summed E-state index contributed by atoms with van der Waals surface area (Å²) in [5, 5.41) is 19.7. The number of hydrogen-bond acceptors (Lipinski definition) is 3. The lowest BCUT2D eigenvalue weighted by Gasteiger charge is -2.28. The summed E-state index contributed by atoms with van der Waals surface area (Å²) < 4.78 is 0. The van der Waals surface area contributed by atoms with Crippen molar-refractivity contribution < 1.29 is 24.6 Å². The molecule has 1 saturated carbocycles. The van der Waals surface area contributed by atoms with Crippen LogP contribution >= 0.6 is 0 Å². The highest BCUT2D eigenvalue weighted by Gasteiger charge is 2.25. The van der Waals surface area contributed by atoms with Gasteiger partial charge < -0.3 is 20.4 Å². The largest absolute Gasteiger partial charge is 0.481 e. The third-order valence-corrected chi connectivity index (χ3v) is 3.58. The normalized spacial score (nSPS) is 17.2. The van der Waals surface area contributed by atoms with Crippen LogP contribution in [0.1, 0.15) is 38.5 Å². The van der Waals surface area contributed by atoms with Crippen molar-refractivity contribution in [1.82, 2.24) is 10.2 Å². The van der Waals surface area contributed by atoms with Gasteiger partial charge >= 0.3 is 18.0 Å². The summed E-state index contributed by atoms with van der Waals surface area (Å²) in [6.07, 6.45) is 5.09. The van der Waals surface area contributed by atoms with E-state index >= 15 is 0 Å². The molecule has 0 unspecified atom stereocenters. The van der Waals surface area contributed by atoms with Gasteiger partial charge in [-0.3, -0.25) is 4.79 Å². The number of amides is 2. The highest BCUT2D eigenvalue weighted by molar-refractivity contribution is 5.86. The average Bonchev–Trinajstić information content (AvgIpc) is 2.38. The number of carbonyl (C=O) groups is 3. The minimum absolute atomic E-state index is 0.447. The SMILES string of the molecule is CN(CC1CCCCC1)C(=O)N[C@H](CC(=O)O)C(=O)O. The van der Waals surface area contributed by atoms with Gasteiger partial charge in [-0.25, -0.2) is 9.59 Å². The van der Waals surface area contributed by atoms with Crippen LogP contribution in [0.5, 0.6) is 0 Å². The maximum atomic E-state index is 11.9. The van der Waals surface area contributed by atoms with Gasteiger partial charge in [0.25, 0.3) is 0 Å². The molecule has 7 nitrogen and oxygen atoms in total. The Labute approximate surface area is 117 Å².